The summed E-state index contributed by atoms with van der Waals surface area (Å²) in [5.41, 5.74) is 0.546. The molecule has 0 saturated carbocycles. The van der Waals surface area contributed by atoms with Crippen LogP contribution in [0.3, 0.4) is 0 Å². The second-order valence-corrected chi connectivity index (χ2v) is 5.64. The number of carbonyl (C=O) groups excluding carboxylic acids is 1. The molecule has 0 aliphatic heterocycles. The second kappa shape index (κ2) is 7.16. The number of anilines is 1. The molecule has 5 nitrogen and oxygen atoms in total. The molecule has 0 radical (unpaired) electrons. The Balaban J connectivity index is 2.03. The molecule has 0 spiro atoms. The Kier molecular flexibility index (Phi) is 4.96. The highest BCUT2D eigenvalue weighted by molar-refractivity contribution is 6.39. The number of fused-ring (bicyclic) bond motifs is 1. The third kappa shape index (κ3) is 3.62. The van der Waals surface area contributed by atoms with Gasteiger partial charge in [-0.2, -0.15) is 8.78 Å². The van der Waals surface area contributed by atoms with Crippen molar-refractivity contribution in [3.63, 3.8) is 0 Å². The van der Waals surface area contributed by atoms with Crippen LogP contribution in [0.2, 0.25) is 10.0 Å². The van der Waals surface area contributed by atoms with E-state index in [2.05, 4.69) is 20.0 Å². The largest absolute Gasteiger partial charge is 0.432 e. The average Bonchev–Trinajstić information content (AvgIpc) is 2.58. The lowest BCUT2D eigenvalue weighted by atomic mass is 10.1. The molecule has 1 aromatic carbocycles. The fourth-order valence-corrected chi connectivity index (χ4v) is 2.71. The topological polar surface area (TPSA) is 64.1 Å². The molecule has 0 atom stereocenters. The maximum atomic E-state index is 12.6. The van der Waals surface area contributed by atoms with Gasteiger partial charge < -0.3 is 10.1 Å². The Labute approximate surface area is 150 Å². The van der Waals surface area contributed by atoms with Crippen molar-refractivity contribution >= 4 is 45.7 Å². The Hall–Kier alpha value is -2.51. The van der Waals surface area contributed by atoms with Crippen molar-refractivity contribution in [1.82, 2.24) is 9.97 Å². The van der Waals surface area contributed by atoms with Gasteiger partial charge in [0, 0.05) is 29.5 Å². The molecule has 0 fully saturated rings. The zero-order chi connectivity index (χ0) is 18.0. The first-order valence-corrected chi connectivity index (χ1v) is 7.66. The third-order valence-electron chi connectivity index (χ3n) is 3.29. The van der Waals surface area contributed by atoms with Gasteiger partial charge >= 0.3 is 6.61 Å². The summed E-state index contributed by atoms with van der Waals surface area (Å²) in [7, 11) is 0. The van der Waals surface area contributed by atoms with Gasteiger partial charge in [-0.15, -0.1) is 0 Å². The van der Waals surface area contributed by atoms with Gasteiger partial charge in [0.2, 0.25) is 0 Å². The molecule has 0 saturated heterocycles. The summed E-state index contributed by atoms with van der Waals surface area (Å²) < 4.78 is 29.5. The van der Waals surface area contributed by atoms with Crippen molar-refractivity contribution in [2.45, 2.75) is 6.61 Å². The van der Waals surface area contributed by atoms with Crippen molar-refractivity contribution in [2.24, 2.45) is 0 Å². The molecular formula is C16H9Cl2F2N3O2. The molecule has 0 bridgehead atoms. The van der Waals surface area contributed by atoms with Crippen LogP contribution in [0, 0.1) is 0 Å². The number of alkyl halides is 2. The summed E-state index contributed by atoms with van der Waals surface area (Å²) in [6, 6.07) is 5.77. The maximum Gasteiger partial charge on any atom is 0.387 e. The Morgan fingerprint density at radius 2 is 1.88 bits per heavy atom. The van der Waals surface area contributed by atoms with Crippen molar-refractivity contribution < 1.29 is 18.3 Å². The minimum Gasteiger partial charge on any atom is -0.432 e. The number of hydrogen-bond donors (Lipinski definition) is 1. The fraction of sp³-hybridized carbons (Fsp3) is 0.0625. The number of aromatic nitrogens is 2. The molecule has 0 aliphatic carbocycles. The number of nitrogens with zero attached hydrogens (tertiary/aromatic N) is 2. The molecule has 3 rings (SSSR count). The van der Waals surface area contributed by atoms with E-state index in [1.54, 1.807) is 12.1 Å². The predicted octanol–water partition coefficient (Wildman–Crippen LogP) is 4.79. The van der Waals surface area contributed by atoms with Crippen LogP contribution in [0.5, 0.6) is 5.75 Å². The van der Waals surface area contributed by atoms with Crippen molar-refractivity contribution in [1.29, 1.82) is 0 Å². The lowest BCUT2D eigenvalue weighted by Crippen LogP contribution is -2.14. The maximum absolute atomic E-state index is 12.6. The molecule has 2 heterocycles. The van der Waals surface area contributed by atoms with Crippen LogP contribution in [0.15, 0.2) is 42.9 Å². The number of nitrogens with one attached hydrogen (secondary N) is 1. The number of halogens is 4. The van der Waals surface area contributed by atoms with Gasteiger partial charge in [0.05, 0.1) is 15.7 Å². The number of benzene rings is 1. The first kappa shape index (κ1) is 17.3. The number of amides is 1. The second-order valence-electron chi connectivity index (χ2n) is 4.82. The highest BCUT2D eigenvalue weighted by Crippen LogP contribution is 2.31. The van der Waals surface area contributed by atoms with E-state index in [0.717, 1.165) is 0 Å². The van der Waals surface area contributed by atoms with Crippen LogP contribution in [0.4, 0.5) is 14.5 Å². The molecule has 9 heteroatoms. The van der Waals surface area contributed by atoms with E-state index in [0.29, 0.717) is 5.39 Å². The molecule has 2 aromatic heterocycles. The van der Waals surface area contributed by atoms with E-state index >= 15 is 0 Å². The number of rotatable bonds is 4. The molecule has 25 heavy (non-hydrogen) atoms. The van der Waals surface area contributed by atoms with Crippen LogP contribution in [-0.2, 0) is 0 Å². The molecular weight excluding hydrogens is 375 g/mol. The van der Waals surface area contributed by atoms with Gasteiger partial charge in [0.1, 0.15) is 5.52 Å². The van der Waals surface area contributed by atoms with E-state index in [1.165, 1.54) is 30.7 Å². The fourth-order valence-electron chi connectivity index (χ4n) is 2.25. The van der Waals surface area contributed by atoms with Crippen molar-refractivity contribution in [2.75, 3.05) is 5.32 Å². The zero-order valence-electron chi connectivity index (χ0n) is 12.3. The molecule has 128 valence electrons. The lowest BCUT2D eigenvalue weighted by molar-refractivity contribution is -0.0489. The highest BCUT2D eigenvalue weighted by atomic mass is 35.5. The van der Waals surface area contributed by atoms with Gasteiger partial charge in [-0.25, -0.2) is 0 Å². The zero-order valence-corrected chi connectivity index (χ0v) is 13.9. The summed E-state index contributed by atoms with van der Waals surface area (Å²) in [6.07, 6.45) is 4.09. The Bertz CT molecular complexity index is 934. The van der Waals surface area contributed by atoms with E-state index < -0.39 is 12.5 Å². The van der Waals surface area contributed by atoms with Gasteiger partial charge in [-0.3, -0.25) is 14.8 Å². The van der Waals surface area contributed by atoms with Crippen LogP contribution >= 0.6 is 23.2 Å². The molecule has 0 aliphatic rings. The van der Waals surface area contributed by atoms with Crippen molar-refractivity contribution in [3.05, 3.63) is 58.5 Å². The van der Waals surface area contributed by atoms with Gasteiger partial charge in [0.25, 0.3) is 5.91 Å². The first-order chi connectivity index (χ1) is 12.0. The van der Waals surface area contributed by atoms with Crippen LogP contribution in [0.1, 0.15) is 10.4 Å². The number of carbonyl (C=O) groups is 1. The minimum atomic E-state index is -3.00. The number of pyridine rings is 2. The summed E-state index contributed by atoms with van der Waals surface area (Å²) in [4.78, 5) is 20.4. The number of hydrogen-bond acceptors (Lipinski definition) is 4. The highest BCUT2D eigenvalue weighted by Gasteiger charge is 2.18. The quantitative estimate of drug-likeness (QED) is 0.703. The van der Waals surface area contributed by atoms with Gasteiger partial charge in [0.15, 0.2) is 5.75 Å². The van der Waals surface area contributed by atoms with Gasteiger partial charge in [-0.05, 0) is 18.2 Å². The van der Waals surface area contributed by atoms with E-state index in [9.17, 15) is 13.6 Å². The van der Waals surface area contributed by atoms with E-state index in [1.807, 2.05) is 0 Å². The van der Waals surface area contributed by atoms with Crippen LogP contribution in [0.25, 0.3) is 10.9 Å². The first-order valence-electron chi connectivity index (χ1n) is 6.90. The van der Waals surface area contributed by atoms with Crippen molar-refractivity contribution in [3.8, 4) is 5.75 Å². The summed E-state index contributed by atoms with van der Waals surface area (Å²) >= 11 is 12.0. The Morgan fingerprint density at radius 3 is 2.56 bits per heavy atom. The standard InChI is InChI=1S/C16H9Cl2F2N3O2/c17-10-6-21-7-11(18)14(10)23-15(24)9-3-4-12(25-16(19)20)13-8(9)2-1-5-22-13/h1-7,16H,(H,21,23,24). The third-order valence-corrected chi connectivity index (χ3v) is 3.86. The van der Waals surface area contributed by atoms with E-state index in [-0.39, 0.29) is 32.6 Å². The smallest absolute Gasteiger partial charge is 0.387 e. The minimum absolute atomic E-state index is 0.123. The number of ether oxygens (including phenoxy) is 1. The molecule has 0 unspecified atom stereocenters. The predicted molar refractivity (Wildman–Crippen MR) is 90.6 cm³/mol. The monoisotopic (exact) mass is 383 g/mol. The summed E-state index contributed by atoms with van der Waals surface area (Å²) in [5.74, 6) is -0.654. The van der Waals surface area contributed by atoms with Gasteiger partial charge in [-0.1, -0.05) is 29.3 Å². The van der Waals surface area contributed by atoms with Crippen LogP contribution in [-0.4, -0.2) is 22.5 Å². The lowest BCUT2D eigenvalue weighted by Gasteiger charge is -2.12. The summed E-state index contributed by atoms with van der Waals surface area (Å²) in [5, 5.41) is 3.27. The summed E-state index contributed by atoms with van der Waals surface area (Å²) in [6.45, 7) is -3.00. The SMILES string of the molecule is O=C(Nc1c(Cl)cncc1Cl)c1ccc(OC(F)F)c2ncccc12. The van der Waals surface area contributed by atoms with Crippen LogP contribution < -0.4 is 10.1 Å². The Morgan fingerprint density at radius 1 is 1.16 bits per heavy atom. The normalized spacial score (nSPS) is 10.9. The van der Waals surface area contributed by atoms with E-state index in [4.69, 9.17) is 23.2 Å². The molecule has 1 amide bonds. The average molecular weight is 384 g/mol. The molecule has 1 N–H and O–H groups in total. The molecule has 3 aromatic rings.